The van der Waals surface area contributed by atoms with Gasteiger partial charge in [0.05, 0.1) is 17.0 Å². The molecule has 0 aliphatic rings. The summed E-state index contributed by atoms with van der Waals surface area (Å²) >= 11 is 0. The molecule has 0 aliphatic carbocycles. The van der Waals surface area contributed by atoms with Crippen molar-refractivity contribution in [3.8, 4) is 0 Å². The molecule has 0 bridgehead atoms. The lowest BCUT2D eigenvalue weighted by Crippen LogP contribution is -2.30. The van der Waals surface area contributed by atoms with Crippen LogP contribution >= 0.6 is 0 Å². The molecule has 8 nitrogen and oxygen atoms in total. The van der Waals surface area contributed by atoms with E-state index in [1.165, 1.54) is 18.2 Å². The number of carboxylic acids is 1. The first kappa shape index (κ1) is 15.4. The van der Waals surface area contributed by atoms with Crippen LogP contribution in [0.5, 0.6) is 0 Å². The topological polar surface area (TPSA) is 122 Å². The number of carboxylic acid groups (broad SMARTS) is 1. The number of carbonyl (C=O) groups excluding carboxylic acids is 1. The number of anilines is 1. The number of nitro groups is 1. The van der Waals surface area contributed by atoms with Gasteiger partial charge in [0.1, 0.15) is 5.69 Å². The van der Waals surface area contributed by atoms with Gasteiger partial charge in [0, 0.05) is 12.6 Å². The van der Waals surface area contributed by atoms with Crippen molar-refractivity contribution >= 4 is 23.3 Å². The van der Waals surface area contributed by atoms with Crippen molar-refractivity contribution in [3.05, 3.63) is 33.9 Å². The average molecular weight is 281 g/mol. The molecule has 0 atom stereocenters. The standard InChI is InChI=1S/C12H15N3O5/c1-2-6-13-10(16)7-14-11-8(12(17)18)4-3-5-9(11)15(19)20/h3-5,14H,2,6-7H2,1H3,(H,13,16)(H,17,18). The van der Waals surface area contributed by atoms with Gasteiger partial charge in [0.2, 0.25) is 5.91 Å². The lowest BCUT2D eigenvalue weighted by atomic mass is 10.1. The number of hydrogen-bond acceptors (Lipinski definition) is 5. The van der Waals surface area contributed by atoms with Gasteiger partial charge in [-0.1, -0.05) is 13.0 Å². The molecule has 0 saturated carbocycles. The Kier molecular flexibility index (Phi) is 5.45. The summed E-state index contributed by atoms with van der Waals surface area (Å²) in [6.45, 7) is 2.15. The SMILES string of the molecule is CCCNC(=O)CNc1c(C(=O)O)cccc1[N+](=O)[O-]. The third kappa shape index (κ3) is 3.94. The quantitative estimate of drug-likeness (QED) is 0.510. The Morgan fingerprint density at radius 2 is 2.10 bits per heavy atom. The molecule has 1 aromatic carbocycles. The molecule has 0 unspecified atom stereocenters. The lowest BCUT2D eigenvalue weighted by Gasteiger charge is -2.10. The first-order chi connectivity index (χ1) is 9.47. The highest BCUT2D eigenvalue weighted by Gasteiger charge is 2.21. The summed E-state index contributed by atoms with van der Waals surface area (Å²) in [5, 5.41) is 25.0. The van der Waals surface area contributed by atoms with Crippen LogP contribution in [-0.4, -0.2) is 35.0 Å². The van der Waals surface area contributed by atoms with Crippen molar-refractivity contribution in [1.82, 2.24) is 5.32 Å². The first-order valence-electron chi connectivity index (χ1n) is 5.98. The average Bonchev–Trinajstić information content (AvgIpc) is 2.42. The zero-order valence-corrected chi connectivity index (χ0v) is 10.9. The molecule has 3 N–H and O–H groups in total. The second-order valence-corrected chi connectivity index (χ2v) is 3.97. The van der Waals surface area contributed by atoms with Crippen molar-refractivity contribution in [2.45, 2.75) is 13.3 Å². The third-order valence-corrected chi connectivity index (χ3v) is 2.47. The second kappa shape index (κ2) is 7.07. The Bertz CT molecular complexity index is 498. The van der Waals surface area contributed by atoms with Crippen molar-refractivity contribution < 1.29 is 19.6 Å². The van der Waals surface area contributed by atoms with Gasteiger partial charge >= 0.3 is 5.97 Å². The number of nitro benzene ring substituents is 1. The molecule has 20 heavy (non-hydrogen) atoms. The molecule has 0 spiro atoms. The Morgan fingerprint density at radius 1 is 1.40 bits per heavy atom. The van der Waals surface area contributed by atoms with Gasteiger partial charge in [-0.05, 0) is 12.5 Å². The summed E-state index contributed by atoms with van der Waals surface area (Å²) in [5.74, 6) is -1.66. The molecule has 108 valence electrons. The van der Waals surface area contributed by atoms with E-state index in [4.69, 9.17) is 5.11 Å². The van der Waals surface area contributed by atoms with E-state index < -0.39 is 10.9 Å². The van der Waals surface area contributed by atoms with Crippen LogP contribution < -0.4 is 10.6 Å². The fourth-order valence-corrected chi connectivity index (χ4v) is 1.55. The number of aromatic carboxylic acids is 1. The monoisotopic (exact) mass is 281 g/mol. The van der Waals surface area contributed by atoms with Crippen LogP contribution in [0.3, 0.4) is 0 Å². The molecule has 0 aliphatic heterocycles. The molecule has 0 heterocycles. The van der Waals surface area contributed by atoms with E-state index in [9.17, 15) is 19.7 Å². The number of nitrogens with one attached hydrogen (secondary N) is 2. The summed E-state index contributed by atoms with van der Waals surface area (Å²) < 4.78 is 0. The second-order valence-electron chi connectivity index (χ2n) is 3.97. The van der Waals surface area contributed by atoms with E-state index in [-0.39, 0.29) is 29.4 Å². The molecule has 0 radical (unpaired) electrons. The van der Waals surface area contributed by atoms with E-state index in [2.05, 4.69) is 10.6 Å². The number of carbonyl (C=O) groups is 2. The van der Waals surface area contributed by atoms with Gasteiger partial charge in [0.15, 0.2) is 0 Å². The van der Waals surface area contributed by atoms with Crippen LogP contribution in [0.1, 0.15) is 23.7 Å². The van der Waals surface area contributed by atoms with Gasteiger partial charge < -0.3 is 15.7 Å². The van der Waals surface area contributed by atoms with Crippen molar-refractivity contribution in [3.63, 3.8) is 0 Å². The Hall–Kier alpha value is -2.64. The number of benzene rings is 1. The maximum atomic E-state index is 11.4. The molecule has 0 fully saturated rings. The Balaban J connectivity index is 2.94. The zero-order valence-electron chi connectivity index (χ0n) is 10.9. The summed E-state index contributed by atoms with van der Waals surface area (Å²) in [6, 6.07) is 3.70. The van der Waals surface area contributed by atoms with Gasteiger partial charge in [0.25, 0.3) is 5.69 Å². The molecule has 1 aromatic rings. The smallest absolute Gasteiger partial charge is 0.338 e. The molecular weight excluding hydrogens is 266 g/mol. The highest BCUT2D eigenvalue weighted by atomic mass is 16.6. The van der Waals surface area contributed by atoms with Crippen molar-refractivity contribution in [2.24, 2.45) is 0 Å². The number of amides is 1. The van der Waals surface area contributed by atoms with Gasteiger partial charge in [-0.15, -0.1) is 0 Å². The normalized spacial score (nSPS) is 9.85. The maximum Gasteiger partial charge on any atom is 0.338 e. The summed E-state index contributed by atoms with van der Waals surface area (Å²) in [5.41, 5.74) is -0.799. The van der Waals surface area contributed by atoms with Gasteiger partial charge in [-0.2, -0.15) is 0 Å². The van der Waals surface area contributed by atoms with Crippen LogP contribution in [0.4, 0.5) is 11.4 Å². The zero-order chi connectivity index (χ0) is 15.1. The summed E-state index contributed by atoms with van der Waals surface area (Å²) in [6.07, 6.45) is 0.762. The van der Waals surface area contributed by atoms with E-state index in [1.54, 1.807) is 0 Å². The Labute approximate surface area is 114 Å². The Morgan fingerprint density at radius 3 is 2.65 bits per heavy atom. The van der Waals surface area contributed by atoms with Gasteiger partial charge in [-0.3, -0.25) is 14.9 Å². The molecule has 0 aromatic heterocycles. The summed E-state index contributed by atoms with van der Waals surface area (Å²) in [4.78, 5) is 32.7. The van der Waals surface area contributed by atoms with E-state index in [0.29, 0.717) is 6.54 Å². The van der Waals surface area contributed by atoms with Crippen LogP contribution in [0, 0.1) is 10.1 Å². The highest BCUT2D eigenvalue weighted by Crippen LogP contribution is 2.28. The fraction of sp³-hybridized carbons (Fsp3) is 0.333. The molecular formula is C12H15N3O5. The lowest BCUT2D eigenvalue weighted by molar-refractivity contribution is -0.384. The third-order valence-electron chi connectivity index (χ3n) is 2.47. The van der Waals surface area contributed by atoms with Crippen LogP contribution in [0.2, 0.25) is 0 Å². The molecule has 1 amide bonds. The van der Waals surface area contributed by atoms with Crippen LogP contribution in [0.25, 0.3) is 0 Å². The van der Waals surface area contributed by atoms with Gasteiger partial charge in [-0.25, -0.2) is 4.79 Å². The molecule has 0 saturated heterocycles. The first-order valence-corrected chi connectivity index (χ1v) is 5.98. The minimum atomic E-state index is -1.30. The fourth-order valence-electron chi connectivity index (χ4n) is 1.55. The van der Waals surface area contributed by atoms with E-state index in [0.717, 1.165) is 6.42 Å². The predicted octanol–water partition coefficient (Wildman–Crippen LogP) is 1.23. The molecule has 1 rings (SSSR count). The largest absolute Gasteiger partial charge is 0.478 e. The number of nitrogens with zero attached hydrogens (tertiary/aromatic N) is 1. The number of para-hydroxylation sites is 1. The number of rotatable bonds is 7. The highest BCUT2D eigenvalue weighted by molar-refractivity contribution is 5.97. The minimum absolute atomic E-state index is 0.170. The predicted molar refractivity (Wildman–Crippen MR) is 71.8 cm³/mol. The van der Waals surface area contributed by atoms with E-state index in [1.807, 2.05) is 6.92 Å². The number of hydrogen-bond donors (Lipinski definition) is 3. The minimum Gasteiger partial charge on any atom is -0.478 e. The van der Waals surface area contributed by atoms with Crippen LogP contribution in [0.15, 0.2) is 18.2 Å². The van der Waals surface area contributed by atoms with Crippen molar-refractivity contribution in [1.29, 1.82) is 0 Å². The maximum absolute atomic E-state index is 11.4. The van der Waals surface area contributed by atoms with Crippen LogP contribution in [-0.2, 0) is 4.79 Å². The molecule has 8 heteroatoms. The van der Waals surface area contributed by atoms with E-state index >= 15 is 0 Å². The summed E-state index contributed by atoms with van der Waals surface area (Å²) in [7, 11) is 0. The van der Waals surface area contributed by atoms with Crippen molar-refractivity contribution in [2.75, 3.05) is 18.4 Å².